The molecule has 2 rings (SSSR count). The van der Waals surface area contributed by atoms with Gasteiger partial charge in [0.15, 0.2) is 12.0 Å². The minimum atomic E-state index is -3.99. The molecule has 0 bridgehead atoms. The zero-order valence-electron chi connectivity index (χ0n) is 11.9. The molecule has 0 aromatic carbocycles. The molecule has 8 heteroatoms. The quantitative estimate of drug-likeness (QED) is 0.924. The molecule has 1 unspecified atom stereocenters. The summed E-state index contributed by atoms with van der Waals surface area (Å²) in [5.74, 6) is -0.865. The fourth-order valence-corrected chi connectivity index (χ4v) is 3.78. The summed E-state index contributed by atoms with van der Waals surface area (Å²) in [5, 5.41) is 3.37. The number of sulfonamides is 1. The predicted octanol–water partition coefficient (Wildman–Crippen LogP) is 1.80. The standard InChI is InChI=1S/C12H20FN3O3S/c1-12(2,3)15-20(17,18)11-9(13)8-14-16(11)10-6-4-5-7-19-10/h8,10,15H,4-7H2,1-3H3. The van der Waals surface area contributed by atoms with Crippen LogP contribution in [0.25, 0.3) is 0 Å². The maximum atomic E-state index is 13.9. The molecule has 1 N–H and O–H groups in total. The lowest BCUT2D eigenvalue weighted by Gasteiger charge is -2.25. The lowest BCUT2D eigenvalue weighted by atomic mass is 10.1. The zero-order chi connectivity index (χ0) is 15.0. The van der Waals surface area contributed by atoms with Crippen molar-refractivity contribution in [3.8, 4) is 0 Å². The summed E-state index contributed by atoms with van der Waals surface area (Å²) < 4.78 is 47.6. The zero-order valence-corrected chi connectivity index (χ0v) is 12.7. The number of nitrogens with one attached hydrogen (secondary N) is 1. The smallest absolute Gasteiger partial charge is 0.261 e. The SMILES string of the molecule is CC(C)(C)NS(=O)(=O)c1c(F)cnn1C1CCCCO1. The molecule has 1 aliphatic rings. The molecule has 6 nitrogen and oxygen atoms in total. The van der Waals surface area contributed by atoms with E-state index in [4.69, 9.17) is 4.74 Å². The maximum absolute atomic E-state index is 13.9. The Morgan fingerprint density at radius 2 is 2.15 bits per heavy atom. The predicted molar refractivity (Wildman–Crippen MR) is 71.1 cm³/mol. The monoisotopic (exact) mass is 305 g/mol. The number of hydrogen-bond donors (Lipinski definition) is 1. The Bertz CT molecular complexity index is 571. The fraction of sp³-hybridized carbons (Fsp3) is 0.750. The number of aromatic nitrogens is 2. The van der Waals surface area contributed by atoms with Gasteiger partial charge in [0.2, 0.25) is 5.03 Å². The second-order valence-electron chi connectivity index (χ2n) is 5.92. The van der Waals surface area contributed by atoms with Gasteiger partial charge in [0.05, 0.1) is 6.20 Å². The molecule has 1 aliphatic heterocycles. The van der Waals surface area contributed by atoms with E-state index in [0.29, 0.717) is 13.0 Å². The first-order valence-electron chi connectivity index (χ1n) is 6.59. The van der Waals surface area contributed by atoms with Crippen LogP contribution in [-0.2, 0) is 14.8 Å². The molecule has 1 fully saturated rings. The molecule has 1 aromatic heterocycles. The molecule has 0 saturated carbocycles. The van der Waals surface area contributed by atoms with E-state index < -0.39 is 32.6 Å². The minimum absolute atomic E-state index is 0.459. The summed E-state index contributed by atoms with van der Waals surface area (Å²) >= 11 is 0. The summed E-state index contributed by atoms with van der Waals surface area (Å²) in [5.41, 5.74) is -0.701. The van der Waals surface area contributed by atoms with Crippen LogP contribution < -0.4 is 4.72 Å². The summed E-state index contributed by atoms with van der Waals surface area (Å²) in [6.45, 7) is 5.61. The van der Waals surface area contributed by atoms with Crippen LogP contribution >= 0.6 is 0 Å². The van der Waals surface area contributed by atoms with Gasteiger partial charge < -0.3 is 4.74 Å². The van der Waals surface area contributed by atoms with Gasteiger partial charge in [0.1, 0.15) is 0 Å². The molecular formula is C12H20FN3O3S. The molecule has 0 radical (unpaired) electrons. The first-order chi connectivity index (χ1) is 9.21. The van der Waals surface area contributed by atoms with Crippen LogP contribution in [0.4, 0.5) is 4.39 Å². The van der Waals surface area contributed by atoms with Gasteiger partial charge in [-0.15, -0.1) is 0 Å². The Labute approximate surface area is 118 Å². The minimum Gasteiger partial charge on any atom is -0.356 e. The van der Waals surface area contributed by atoms with E-state index in [1.54, 1.807) is 20.8 Å². The number of nitrogens with zero attached hydrogens (tertiary/aromatic N) is 2. The summed E-state index contributed by atoms with van der Waals surface area (Å²) in [6, 6.07) is 0. The Kier molecular flexibility index (Phi) is 4.17. The number of rotatable bonds is 3. The number of halogens is 1. The lowest BCUT2D eigenvalue weighted by molar-refractivity contribution is -0.0454. The maximum Gasteiger partial charge on any atom is 0.261 e. The van der Waals surface area contributed by atoms with Crippen molar-refractivity contribution in [2.45, 2.75) is 56.8 Å². The number of hydrogen-bond acceptors (Lipinski definition) is 4. The highest BCUT2D eigenvalue weighted by Gasteiger charge is 2.32. The van der Waals surface area contributed by atoms with Gasteiger partial charge in [-0.2, -0.15) is 5.10 Å². The molecule has 20 heavy (non-hydrogen) atoms. The summed E-state index contributed by atoms with van der Waals surface area (Å²) in [4.78, 5) is 0. The van der Waals surface area contributed by atoms with Gasteiger partial charge in [-0.3, -0.25) is 0 Å². The molecule has 114 valence electrons. The van der Waals surface area contributed by atoms with Crippen molar-refractivity contribution in [1.82, 2.24) is 14.5 Å². The van der Waals surface area contributed by atoms with Crippen molar-refractivity contribution in [3.05, 3.63) is 12.0 Å². The molecule has 0 spiro atoms. The third kappa shape index (κ3) is 3.36. The molecule has 1 atom stereocenters. The van der Waals surface area contributed by atoms with Crippen LogP contribution in [0.2, 0.25) is 0 Å². The van der Waals surface area contributed by atoms with Crippen molar-refractivity contribution in [2.24, 2.45) is 0 Å². The van der Waals surface area contributed by atoms with E-state index in [0.717, 1.165) is 23.7 Å². The van der Waals surface area contributed by atoms with Gasteiger partial charge in [-0.25, -0.2) is 22.2 Å². The Balaban J connectivity index is 2.38. The van der Waals surface area contributed by atoms with Crippen molar-refractivity contribution >= 4 is 10.0 Å². The highest BCUT2D eigenvalue weighted by molar-refractivity contribution is 7.89. The van der Waals surface area contributed by atoms with Crippen LogP contribution in [0.15, 0.2) is 11.2 Å². The van der Waals surface area contributed by atoms with E-state index in [-0.39, 0.29) is 0 Å². The summed E-state index contributed by atoms with van der Waals surface area (Å²) in [7, 11) is -3.99. The van der Waals surface area contributed by atoms with Crippen molar-refractivity contribution in [3.63, 3.8) is 0 Å². The second-order valence-corrected chi connectivity index (χ2v) is 7.52. The van der Waals surface area contributed by atoms with E-state index in [1.807, 2.05) is 0 Å². The highest BCUT2D eigenvalue weighted by atomic mass is 32.2. The van der Waals surface area contributed by atoms with Gasteiger partial charge in [0.25, 0.3) is 10.0 Å². The molecular weight excluding hydrogens is 285 g/mol. The Morgan fingerprint density at radius 3 is 2.70 bits per heavy atom. The second kappa shape index (κ2) is 5.42. The summed E-state index contributed by atoms with van der Waals surface area (Å²) in [6.07, 6.45) is 2.83. The Hall–Kier alpha value is -0.990. The largest absolute Gasteiger partial charge is 0.356 e. The van der Waals surface area contributed by atoms with Crippen LogP contribution in [0.3, 0.4) is 0 Å². The van der Waals surface area contributed by atoms with E-state index in [2.05, 4.69) is 9.82 Å². The van der Waals surface area contributed by atoms with Gasteiger partial charge in [0, 0.05) is 12.1 Å². The molecule has 0 aliphatic carbocycles. The van der Waals surface area contributed by atoms with E-state index in [9.17, 15) is 12.8 Å². The average molecular weight is 305 g/mol. The normalized spacial score (nSPS) is 21.1. The first kappa shape index (κ1) is 15.4. The average Bonchev–Trinajstić information content (AvgIpc) is 2.70. The van der Waals surface area contributed by atoms with Crippen molar-refractivity contribution in [1.29, 1.82) is 0 Å². The van der Waals surface area contributed by atoms with Crippen LogP contribution in [0, 0.1) is 5.82 Å². The van der Waals surface area contributed by atoms with Gasteiger partial charge >= 0.3 is 0 Å². The van der Waals surface area contributed by atoms with Gasteiger partial charge in [-0.05, 0) is 40.0 Å². The fourth-order valence-electron chi connectivity index (χ4n) is 2.15. The molecule has 1 aromatic rings. The van der Waals surface area contributed by atoms with Crippen molar-refractivity contribution in [2.75, 3.05) is 6.61 Å². The number of ether oxygens (including phenoxy) is 1. The van der Waals surface area contributed by atoms with Crippen LogP contribution in [-0.4, -0.2) is 30.3 Å². The first-order valence-corrected chi connectivity index (χ1v) is 8.08. The van der Waals surface area contributed by atoms with Crippen LogP contribution in [0.1, 0.15) is 46.3 Å². The third-order valence-corrected chi connectivity index (χ3v) is 4.60. The molecule has 2 heterocycles. The van der Waals surface area contributed by atoms with Crippen molar-refractivity contribution < 1.29 is 17.5 Å². The Morgan fingerprint density at radius 1 is 1.45 bits per heavy atom. The van der Waals surface area contributed by atoms with E-state index in [1.165, 1.54) is 0 Å². The van der Waals surface area contributed by atoms with Crippen LogP contribution in [0.5, 0.6) is 0 Å². The molecule has 0 amide bonds. The molecule has 1 saturated heterocycles. The van der Waals surface area contributed by atoms with Gasteiger partial charge in [-0.1, -0.05) is 0 Å². The topological polar surface area (TPSA) is 73.2 Å². The lowest BCUT2D eigenvalue weighted by Crippen LogP contribution is -2.42. The highest BCUT2D eigenvalue weighted by Crippen LogP contribution is 2.27. The third-order valence-electron chi connectivity index (χ3n) is 2.83. The van der Waals surface area contributed by atoms with E-state index >= 15 is 0 Å².